The van der Waals surface area contributed by atoms with Crippen LogP contribution in [0.1, 0.15) is 42.4 Å². The maximum atomic E-state index is 13.7. The number of azide groups is 1. The van der Waals surface area contributed by atoms with E-state index in [0.29, 0.717) is 150 Å². The lowest BCUT2D eigenvalue weighted by atomic mass is 10.0. The van der Waals surface area contributed by atoms with Crippen LogP contribution in [0.15, 0.2) is 53.6 Å². The molecule has 5 N–H and O–H groups in total. The molecule has 0 saturated carbocycles. The van der Waals surface area contributed by atoms with Crippen molar-refractivity contribution in [3.05, 3.63) is 75.7 Å². The van der Waals surface area contributed by atoms with Crippen LogP contribution in [0.25, 0.3) is 10.4 Å². The van der Waals surface area contributed by atoms with Crippen LogP contribution < -0.4 is 21.7 Å². The first-order valence-corrected chi connectivity index (χ1v) is 21.8. The average Bonchev–Trinajstić information content (AvgIpc) is 3.27. The van der Waals surface area contributed by atoms with Crippen LogP contribution in [0.4, 0.5) is 5.69 Å². The Labute approximate surface area is 372 Å². The average molecular weight is 890 g/mol. The van der Waals surface area contributed by atoms with E-state index in [0.717, 1.165) is 16.7 Å². The topological polar surface area (TPSA) is 245 Å². The summed E-state index contributed by atoms with van der Waals surface area (Å²) in [6.45, 7) is 12.0. The highest BCUT2D eigenvalue weighted by Gasteiger charge is 2.27. The van der Waals surface area contributed by atoms with Gasteiger partial charge in [0.15, 0.2) is 0 Å². The zero-order valence-electron chi connectivity index (χ0n) is 37.3. The standard InChI is InChI=1S/C44H71N7O12/c1-36-11-12-39(37(2)34-36)49-43(53)40(10-6-7-14-45)50-44(54)41(35-38-8-4-3-5-9-38)48-42(52)13-16-55-18-20-57-22-24-59-26-28-61-30-32-63-33-31-62-29-27-60-25-23-58-21-19-56-17-15-47-51-46/h3-5,8-9,11-12,34,40-41H,6-7,10,13-33,35,45H2,1-2H3,(H,48,52)(H,49,53)(H,50,54)/t40-,41-/m0/s1. The summed E-state index contributed by atoms with van der Waals surface area (Å²) in [4.78, 5) is 42.8. The molecular formula is C44H71N7O12. The maximum Gasteiger partial charge on any atom is 0.246 e. The molecular weight excluding hydrogens is 819 g/mol. The Morgan fingerprint density at radius 1 is 0.619 bits per heavy atom. The van der Waals surface area contributed by atoms with Crippen molar-refractivity contribution in [2.24, 2.45) is 10.8 Å². The number of unbranched alkanes of at least 4 members (excludes halogenated alkanes) is 1. The molecule has 0 saturated heterocycles. The third-order valence-corrected chi connectivity index (χ3v) is 9.00. The van der Waals surface area contributed by atoms with Crippen molar-refractivity contribution < 1.29 is 57.0 Å². The number of amides is 3. The van der Waals surface area contributed by atoms with Crippen molar-refractivity contribution >= 4 is 23.4 Å². The summed E-state index contributed by atoms with van der Waals surface area (Å²) in [7, 11) is 0. The number of carbonyl (C=O) groups is 3. The van der Waals surface area contributed by atoms with Gasteiger partial charge in [-0.3, -0.25) is 14.4 Å². The molecule has 0 unspecified atom stereocenters. The van der Waals surface area contributed by atoms with Gasteiger partial charge in [-0.05, 0) is 62.4 Å². The van der Waals surface area contributed by atoms with E-state index in [1.54, 1.807) is 0 Å². The van der Waals surface area contributed by atoms with Crippen LogP contribution >= 0.6 is 0 Å². The van der Waals surface area contributed by atoms with Crippen molar-refractivity contribution in [3.63, 3.8) is 0 Å². The van der Waals surface area contributed by atoms with Crippen LogP contribution in [-0.4, -0.2) is 162 Å². The molecule has 2 aromatic rings. The fourth-order valence-electron chi connectivity index (χ4n) is 5.71. The van der Waals surface area contributed by atoms with Gasteiger partial charge in [-0.1, -0.05) is 53.1 Å². The van der Waals surface area contributed by atoms with Crippen molar-refractivity contribution in [1.29, 1.82) is 0 Å². The van der Waals surface area contributed by atoms with E-state index in [4.69, 9.17) is 53.9 Å². The summed E-state index contributed by atoms with van der Waals surface area (Å²) >= 11 is 0. The number of hydrogen-bond acceptors (Lipinski definition) is 14. The Morgan fingerprint density at radius 2 is 1.11 bits per heavy atom. The lowest BCUT2D eigenvalue weighted by molar-refractivity contribution is -0.131. The van der Waals surface area contributed by atoms with Crippen LogP contribution in [0.2, 0.25) is 0 Å². The van der Waals surface area contributed by atoms with Crippen LogP contribution in [0.5, 0.6) is 0 Å². The minimum Gasteiger partial charge on any atom is -0.379 e. The molecule has 354 valence electrons. The van der Waals surface area contributed by atoms with E-state index in [2.05, 4.69) is 26.0 Å². The van der Waals surface area contributed by atoms with Crippen molar-refractivity contribution in [2.75, 3.05) is 137 Å². The highest BCUT2D eigenvalue weighted by atomic mass is 16.6. The molecule has 2 atom stereocenters. The normalized spacial score (nSPS) is 12.0. The fraction of sp³-hybridized carbons (Fsp3) is 0.659. The summed E-state index contributed by atoms with van der Waals surface area (Å²) < 4.78 is 49.2. The van der Waals surface area contributed by atoms with E-state index in [9.17, 15) is 14.4 Å². The van der Waals surface area contributed by atoms with Gasteiger partial charge in [-0.15, -0.1) is 0 Å². The minimum atomic E-state index is -0.906. The highest BCUT2D eigenvalue weighted by molar-refractivity contribution is 5.99. The lowest BCUT2D eigenvalue weighted by Gasteiger charge is -2.24. The first-order valence-electron chi connectivity index (χ1n) is 21.8. The largest absolute Gasteiger partial charge is 0.379 e. The van der Waals surface area contributed by atoms with Crippen molar-refractivity contribution in [1.82, 2.24) is 10.6 Å². The second kappa shape index (κ2) is 38.2. The monoisotopic (exact) mass is 890 g/mol. The zero-order chi connectivity index (χ0) is 45.4. The molecule has 0 aliphatic heterocycles. The zero-order valence-corrected chi connectivity index (χ0v) is 37.3. The number of anilines is 1. The number of hydrogen-bond donors (Lipinski definition) is 4. The number of rotatable bonds is 41. The van der Waals surface area contributed by atoms with Crippen molar-refractivity contribution in [2.45, 2.75) is 58.0 Å². The Morgan fingerprint density at radius 3 is 1.59 bits per heavy atom. The van der Waals surface area contributed by atoms with Gasteiger partial charge >= 0.3 is 0 Å². The molecule has 0 heterocycles. The van der Waals surface area contributed by atoms with Crippen molar-refractivity contribution in [3.8, 4) is 0 Å². The molecule has 0 aliphatic carbocycles. The molecule has 19 nitrogen and oxygen atoms in total. The molecule has 2 aromatic carbocycles. The van der Waals surface area contributed by atoms with Gasteiger partial charge in [-0.25, -0.2) is 0 Å². The highest BCUT2D eigenvalue weighted by Crippen LogP contribution is 2.17. The molecule has 0 spiro atoms. The minimum absolute atomic E-state index is 0.0447. The Bertz CT molecular complexity index is 1540. The molecule has 0 fully saturated rings. The summed E-state index contributed by atoms with van der Waals surface area (Å²) in [6.07, 6.45) is 2.05. The summed E-state index contributed by atoms with van der Waals surface area (Å²) in [5, 5.41) is 12.1. The van der Waals surface area contributed by atoms with Gasteiger partial charge in [0.1, 0.15) is 12.1 Å². The molecule has 0 bridgehead atoms. The van der Waals surface area contributed by atoms with E-state index >= 15 is 0 Å². The Kier molecular flexibility index (Phi) is 33.3. The summed E-state index contributed by atoms with van der Waals surface area (Å²) in [6, 6.07) is 13.4. The fourth-order valence-corrected chi connectivity index (χ4v) is 5.71. The number of aryl methyl sites for hydroxylation is 2. The number of benzene rings is 2. The number of ether oxygens (including phenoxy) is 9. The molecule has 0 radical (unpaired) electrons. The molecule has 3 amide bonds. The van der Waals surface area contributed by atoms with E-state index in [1.165, 1.54) is 0 Å². The second-order valence-corrected chi connectivity index (χ2v) is 14.2. The van der Waals surface area contributed by atoms with Gasteiger partial charge < -0.3 is 64.3 Å². The second-order valence-electron chi connectivity index (χ2n) is 14.2. The van der Waals surface area contributed by atoms with Gasteiger partial charge in [0, 0.05) is 30.0 Å². The van der Waals surface area contributed by atoms with Gasteiger partial charge in [0.05, 0.1) is 119 Å². The molecule has 63 heavy (non-hydrogen) atoms. The quantitative estimate of drug-likeness (QED) is 0.0324. The third kappa shape index (κ3) is 29.7. The van der Waals surface area contributed by atoms with Crippen LogP contribution in [0, 0.1) is 13.8 Å². The smallest absolute Gasteiger partial charge is 0.246 e. The first-order chi connectivity index (χ1) is 30.8. The molecule has 2 rings (SSSR count). The molecule has 0 aliphatic rings. The van der Waals surface area contributed by atoms with Gasteiger partial charge in [0.25, 0.3) is 0 Å². The van der Waals surface area contributed by atoms with Crippen LogP contribution in [0.3, 0.4) is 0 Å². The first kappa shape index (κ1) is 54.9. The van der Waals surface area contributed by atoms with E-state index in [1.807, 2.05) is 62.4 Å². The maximum absolute atomic E-state index is 13.7. The number of nitrogens with zero attached hydrogens (tertiary/aromatic N) is 3. The van der Waals surface area contributed by atoms with Crippen LogP contribution in [-0.2, 0) is 63.4 Å². The number of carbonyl (C=O) groups excluding carboxylic acids is 3. The summed E-state index contributed by atoms with van der Waals surface area (Å²) in [5.41, 5.74) is 17.4. The predicted molar refractivity (Wildman–Crippen MR) is 237 cm³/mol. The number of nitrogens with one attached hydrogen (secondary N) is 3. The predicted octanol–water partition coefficient (Wildman–Crippen LogP) is 3.43. The Hall–Kier alpha value is -4.24. The van der Waals surface area contributed by atoms with Gasteiger partial charge in [-0.2, -0.15) is 0 Å². The van der Waals surface area contributed by atoms with Gasteiger partial charge in [0.2, 0.25) is 17.7 Å². The summed E-state index contributed by atoms with van der Waals surface area (Å²) in [5.74, 6) is -1.13. The molecule has 0 aromatic heterocycles. The lowest BCUT2D eigenvalue weighted by Crippen LogP contribution is -2.53. The third-order valence-electron chi connectivity index (χ3n) is 9.00. The molecule has 19 heteroatoms. The number of nitrogens with two attached hydrogens (primary N) is 1. The van der Waals surface area contributed by atoms with E-state index < -0.39 is 18.0 Å². The SMILES string of the molecule is Cc1ccc(NC(=O)[C@H](CCCCN)NC(=O)[C@H](Cc2ccccc2)NC(=O)CCOCCOCCOCCOCCOCCOCCOCCOCCOCCN=[N+]=[N-])c(C)c1. The van der Waals surface area contributed by atoms with E-state index in [-0.39, 0.29) is 31.3 Å². The Balaban J connectivity index is 1.50.